The van der Waals surface area contributed by atoms with Gasteiger partial charge in [0.05, 0.1) is 5.92 Å². The van der Waals surface area contributed by atoms with Crippen molar-refractivity contribution in [2.75, 3.05) is 39.3 Å². The number of halogens is 1. The molecule has 1 atom stereocenters. The molecule has 2 aliphatic heterocycles. The van der Waals surface area contributed by atoms with Gasteiger partial charge in [-0.2, -0.15) is 0 Å². The predicted octanol–water partition coefficient (Wildman–Crippen LogP) is 4.65. The Morgan fingerprint density at radius 1 is 0.971 bits per heavy atom. The molecule has 0 radical (unpaired) electrons. The number of hydrogen-bond acceptors (Lipinski definition) is 3. The lowest BCUT2D eigenvalue weighted by Gasteiger charge is -2.33. The van der Waals surface area contributed by atoms with E-state index in [1.807, 2.05) is 0 Å². The van der Waals surface area contributed by atoms with Crippen LogP contribution < -0.4 is 5.32 Å². The quantitative estimate of drug-likeness (QED) is 0.558. The highest BCUT2D eigenvalue weighted by Crippen LogP contribution is 2.22. The van der Waals surface area contributed by atoms with Crippen molar-refractivity contribution in [1.29, 1.82) is 0 Å². The number of carbonyl (C=O) groups excluding carboxylic acids is 2. The predicted molar refractivity (Wildman–Crippen MR) is 137 cm³/mol. The molecule has 2 aliphatic rings. The zero-order valence-electron chi connectivity index (χ0n) is 19.9. The first-order valence-corrected chi connectivity index (χ1v) is 13.0. The maximum Gasteiger partial charge on any atom is 0.253 e. The van der Waals surface area contributed by atoms with Crippen LogP contribution in [-0.2, 0) is 11.2 Å². The van der Waals surface area contributed by atoms with Crippen LogP contribution in [0, 0.1) is 11.8 Å². The summed E-state index contributed by atoms with van der Waals surface area (Å²) in [5.74, 6) is 0.675. The largest absolute Gasteiger partial charge is 0.356 e. The van der Waals surface area contributed by atoms with Crippen molar-refractivity contribution < 1.29 is 9.59 Å². The smallest absolute Gasteiger partial charge is 0.253 e. The molecule has 0 spiro atoms. The Morgan fingerprint density at radius 3 is 2.53 bits per heavy atom. The Bertz CT molecular complexity index is 944. The van der Waals surface area contributed by atoms with Crippen molar-refractivity contribution in [1.82, 2.24) is 15.1 Å². The Balaban J connectivity index is 1.13. The molecular weight excluding hydrogens is 446 g/mol. The molecule has 4 rings (SSSR count). The summed E-state index contributed by atoms with van der Waals surface area (Å²) < 4.78 is 0. The lowest BCUT2D eigenvalue weighted by molar-refractivity contribution is -0.126. The van der Waals surface area contributed by atoms with E-state index in [1.165, 1.54) is 24.8 Å². The van der Waals surface area contributed by atoms with Gasteiger partial charge in [-0.05, 0) is 87.8 Å². The third kappa shape index (κ3) is 7.07. The molecule has 0 saturated carbocycles. The Kier molecular flexibility index (Phi) is 9.00. The van der Waals surface area contributed by atoms with Gasteiger partial charge in [-0.15, -0.1) is 0 Å². The highest BCUT2D eigenvalue weighted by molar-refractivity contribution is 6.30. The summed E-state index contributed by atoms with van der Waals surface area (Å²) in [6, 6.07) is 17.8. The van der Waals surface area contributed by atoms with E-state index in [1.54, 1.807) is 29.2 Å². The number of benzene rings is 2. The maximum atomic E-state index is 12.8. The molecule has 2 aromatic rings. The highest BCUT2D eigenvalue weighted by atomic mass is 35.5. The topological polar surface area (TPSA) is 52.7 Å². The molecule has 2 heterocycles. The first-order chi connectivity index (χ1) is 16.6. The van der Waals surface area contributed by atoms with Gasteiger partial charge in [0.15, 0.2) is 0 Å². The van der Waals surface area contributed by atoms with Crippen LogP contribution in [0.3, 0.4) is 0 Å². The first kappa shape index (κ1) is 24.7. The summed E-state index contributed by atoms with van der Waals surface area (Å²) in [4.78, 5) is 29.9. The van der Waals surface area contributed by atoms with Crippen LogP contribution in [0.25, 0.3) is 0 Å². The summed E-state index contributed by atoms with van der Waals surface area (Å²) in [6.07, 6.45) is 6.33. The molecule has 34 heavy (non-hydrogen) atoms. The van der Waals surface area contributed by atoms with Crippen molar-refractivity contribution in [3.63, 3.8) is 0 Å². The molecule has 0 bridgehead atoms. The minimum atomic E-state index is -0.134. The van der Waals surface area contributed by atoms with Crippen molar-refractivity contribution in [3.05, 3.63) is 70.7 Å². The van der Waals surface area contributed by atoms with Gasteiger partial charge in [-0.3, -0.25) is 9.59 Å². The first-order valence-electron chi connectivity index (χ1n) is 12.7. The van der Waals surface area contributed by atoms with Gasteiger partial charge in [0.2, 0.25) is 5.91 Å². The summed E-state index contributed by atoms with van der Waals surface area (Å²) in [7, 11) is 0. The monoisotopic (exact) mass is 481 g/mol. The maximum absolute atomic E-state index is 12.8. The molecule has 0 aromatic heterocycles. The Labute approximate surface area is 208 Å². The number of likely N-dealkylation sites (tertiary alicyclic amines) is 2. The van der Waals surface area contributed by atoms with Crippen LogP contribution in [0.2, 0.25) is 5.02 Å². The number of hydrogen-bond donors (Lipinski definition) is 1. The third-order valence-corrected chi connectivity index (χ3v) is 7.41. The molecule has 182 valence electrons. The molecule has 6 heteroatoms. The molecule has 2 fully saturated rings. The zero-order valence-corrected chi connectivity index (χ0v) is 20.7. The van der Waals surface area contributed by atoms with Crippen LogP contribution >= 0.6 is 11.6 Å². The average Bonchev–Trinajstić information content (AvgIpc) is 2.87. The summed E-state index contributed by atoms with van der Waals surface area (Å²) in [5, 5.41) is 3.67. The van der Waals surface area contributed by atoms with E-state index in [0.29, 0.717) is 30.2 Å². The molecule has 1 N–H and O–H groups in total. The number of piperidine rings is 2. The SMILES string of the molecule is O=C(NCCCN1CCC(Cc2ccccc2)CC1)[C@H]1CCCN(C(=O)c2cccc(Cl)c2)C1. The molecule has 2 aromatic carbocycles. The minimum absolute atomic E-state index is 0.0457. The summed E-state index contributed by atoms with van der Waals surface area (Å²) >= 11 is 6.04. The van der Waals surface area contributed by atoms with Crippen molar-refractivity contribution in [2.24, 2.45) is 11.8 Å². The molecule has 0 aliphatic carbocycles. The van der Waals surface area contributed by atoms with Crippen LogP contribution in [-0.4, -0.2) is 60.9 Å². The third-order valence-electron chi connectivity index (χ3n) is 7.18. The average molecular weight is 482 g/mol. The molecular formula is C28H36ClN3O2. The van der Waals surface area contributed by atoms with E-state index in [-0.39, 0.29) is 17.7 Å². The number of carbonyl (C=O) groups is 2. The second kappa shape index (κ2) is 12.4. The van der Waals surface area contributed by atoms with Crippen LogP contribution in [0.1, 0.15) is 48.0 Å². The summed E-state index contributed by atoms with van der Waals surface area (Å²) in [5.41, 5.74) is 2.03. The molecule has 2 amide bonds. The van der Waals surface area contributed by atoms with Crippen molar-refractivity contribution in [3.8, 4) is 0 Å². The number of nitrogens with one attached hydrogen (secondary N) is 1. The Morgan fingerprint density at radius 2 is 1.76 bits per heavy atom. The second-order valence-electron chi connectivity index (χ2n) is 9.72. The van der Waals surface area contributed by atoms with E-state index < -0.39 is 0 Å². The fourth-order valence-corrected chi connectivity index (χ4v) is 5.39. The van der Waals surface area contributed by atoms with Gasteiger partial charge < -0.3 is 15.1 Å². The zero-order chi connectivity index (χ0) is 23.8. The van der Waals surface area contributed by atoms with Gasteiger partial charge in [-0.25, -0.2) is 0 Å². The number of rotatable bonds is 8. The fraction of sp³-hybridized carbons (Fsp3) is 0.500. The fourth-order valence-electron chi connectivity index (χ4n) is 5.20. The van der Waals surface area contributed by atoms with Crippen molar-refractivity contribution in [2.45, 2.75) is 38.5 Å². The lowest BCUT2D eigenvalue weighted by atomic mass is 9.90. The normalized spacial score (nSPS) is 19.7. The van der Waals surface area contributed by atoms with Crippen LogP contribution in [0.15, 0.2) is 54.6 Å². The summed E-state index contributed by atoms with van der Waals surface area (Å²) in [6.45, 7) is 5.19. The molecule has 0 unspecified atom stereocenters. The van der Waals surface area contributed by atoms with E-state index >= 15 is 0 Å². The number of amides is 2. The van der Waals surface area contributed by atoms with E-state index in [2.05, 4.69) is 40.5 Å². The van der Waals surface area contributed by atoms with Gasteiger partial charge in [0, 0.05) is 30.2 Å². The lowest BCUT2D eigenvalue weighted by Crippen LogP contribution is -2.45. The molecule has 2 saturated heterocycles. The second-order valence-corrected chi connectivity index (χ2v) is 10.2. The molecule has 5 nitrogen and oxygen atoms in total. The van der Waals surface area contributed by atoms with Crippen LogP contribution in [0.5, 0.6) is 0 Å². The standard InChI is InChI=1S/C28H36ClN3O2/c29-26-11-4-9-24(20-26)28(34)32-16-5-10-25(21-32)27(33)30-14-6-15-31-17-12-23(13-18-31)19-22-7-2-1-3-8-22/h1-4,7-9,11,20,23,25H,5-6,10,12-19,21H2,(H,30,33)/t25-/m0/s1. The van der Waals surface area contributed by atoms with Crippen LogP contribution in [0.4, 0.5) is 0 Å². The van der Waals surface area contributed by atoms with E-state index in [9.17, 15) is 9.59 Å². The van der Waals surface area contributed by atoms with E-state index in [0.717, 1.165) is 44.8 Å². The minimum Gasteiger partial charge on any atom is -0.356 e. The van der Waals surface area contributed by atoms with E-state index in [4.69, 9.17) is 11.6 Å². The van der Waals surface area contributed by atoms with Gasteiger partial charge in [0.1, 0.15) is 0 Å². The van der Waals surface area contributed by atoms with Gasteiger partial charge >= 0.3 is 0 Å². The van der Waals surface area contributed by atoms with Gasteiger partial charge in [0.25, 0.3) is 5.91 Å². The number of nitrogens with zero attached hydrogens (tertiary/aromatic N) is 2. The van der Waals surface area contributed by atoms with Crippen molar-refractivity contribution >= 4 is 23.4 Å². The Hall–Kier alpha value is -2.37. The van der Waals surface area contributed by atoms with Gasteiger partial charge in [-0.1, -0.05) is 48.0 Å². The highest BCUT2D eigenvalue weighted by Gasteiger charge is 2.29.